The number of Topliss-reactive ketones (excluding diaryl/α,β-unsaturated/α-hetero) is 1. The fourth-order valence-corrected chi connectivity index (χ4v) is 5.65. The maximum Gasteiger partial charge on any atom is 0.337 e. The lowest BCUT2D eigenvalue weighted by molar-refractivity contribution is -0.144. The van der Waals surface area contributed by atoms with Crippen molar-refractivity contribution in [1.29, 1.82) is 0 Å². The van der Waals surface area contributed by atoms with E-state index in [1.54, 1.807) is 7.11 Å². The number of hydrogen-bond acceptors (Lipinski definition) is 6. The van der Waals surface area contributed by atoms with E-state index in [9.17, 15) is 9.59 Å². The van der Waals surface area contributed by atoms with E-state index >= 15 is 0 Å². The molecule has 1 aliphatic heterocycles. The second kappa shape index (κ2) is 12.5. The van der Waals surface area contributed by atoms with Gasteiger partial charge in [0.15, 0.2) is 5.78 Å². The number of carbonyl (C=O) groups is 2. The molecule has 3 aromatic carbocycles. The summed E-state index contributed by atoms with van der Waals surface area (Å²) in [5.74, 6) is 0.446. The van der Waals surface area contributed by atoms with E-state index in [0.717, 1.165) is 28.1 Å². The van der Waals surface area contributed by atoms with Gasteiger partial charge in [-0.15, -0.1) is 0 Å². The van der Waals surface area contributed by atoms with Crippen molar-refractivity contribution >= 4 is 11.8 Å². The SMILES string of the molecule is CC[C@@H](C)OC(=O)C1=C(C)NC2=C(C(=O)C[C@H](c3ccc(OC)cc3)C2)[C@@H]1c1ccccc1OCc1ccccc1. The Labute approximate surface area is 242 Å². The van der Waals surface area contributed by atoms with E-state index in [-0.39, 0.29) is 17.8 Å². The number of ketones is 1. The van der Waals surface area contributed by atoms with Crippen molar-refractivity contribution in [2.75, 3.05) is 7.11 Å². The van der Waals surface area contributed by atoms with Crippen molar-refractivity contribution in [3.8, 4) is 11.5 Å². The lowest BCUT2D eigenvalue weighted by Crippen LogP contribution is -2.36. The van der Waals surface area contributed by atoms with E-state index in [0.29, 0.717) is 48.5 Å². The third-order valence-electron chi connectivity index (χ3n) is 7.99. The topological polar surface area (TPSA) is 73.9 Å². The van der Waals surface area contributed by atoms with E-state index < -0.39 is 11.9 Å². The van der Waals surface area contributed by atoms with Crippen LogP contribution in [0.4, 0.5) is 0 Å². The van der Waals surface area contributed by atoms with Gasteiger partial charge >= 0.3 is 5.97 Å². The van der Waals surface area contributed by atoms with Crippen LogP contribution in [0.5, 0.6) is 11.5 Å². The summed E-state index contributed by atoms with van der Waals surface area (Å²) in [6.07, 6.45) is 1.46. The lowest BCUT2D eigenvalue weighted by atomic mass is 9.71. The number of hydrogen-bond donors (Lipinski definition) is 1. The molecule has 212 valence electrons. The average molecular weight is 552 g/mol. The minimum Gasteiger partial charge on any atom is -0.497 e. The van der Waals surface area contributed by atoms with Crippen molar-refractivity contribution in [3.05, 3.63) is 118 Å². The summed E-state index contributed by atoms with van der Waals surface area (Å²) in [6.45, 7) is 6.12. The fraction of sp³-hybridized carbons (Fsp3) is 0.314. The van der Waals surface area contributed by atoms with Crippen molar-refractivity contribution in [2.24, 2.45) is 0 Å². The third-order valence-corrected chi connectivity index (χ3v) is 7.99. The molecule has 3 atom stereocenters. The lowest BCUT2D eigenvalue weighted by Gasteiger charge is -2.37. The molecule has 3 aromatic rings. The van der Waals surface area contributed by atoms with Gasteiger partial charge in [-0.2, -0.15) is 0 Å². The second-order valence-electron chi connectivity index (χ2n) is 10.7. The minimum atomic E-state index is -0.598. The van der Waals surface area contributed by atoms with E-state index in [1.165, 1.54) is 0 Å². The molecule has 0 radical (unpaired) electrons. The molecule has 0 unspecified atom stereocenters. The van der Waals surface area contributed by atoms with Crippen LogP contribution < -0.4 is 14.8 Å². The van der Waals surface area contributed by atoms with Gasteiger partial charge < -0.3 is 19.5 Å². The highest BCUT2D eigenvalue weighted by atomic mass is 16.5. The number of ether oxygens (including phenoxy) is 3. The van der Waals surface area contributed by atoms with Crippen LogP contribution in [0.2, 0.25) is 0 Å². The number of para-hydroxylation sites is 1. The minimum absolute atomic E-state index is 0.0174. The molecule has 0 saturated carbocycles. The molecule has 1 aliphatic carbocycles. The van der Waals surface area contributed by atoms with E-state index in [2.05, 4.69) is 5.32 Å². The average Bonchev–Trinajstić information content (AvgIpc) is 2.99. The van der Waals surface area contributed by atoms with Crippen LogP contribution in [0.3, 0.4) is 0 Å². The zero-order chi connectivity index (χ0) is 28.9. The van der Waals surface area contributed by atoms with Gasteiger partial charge in [-0.25, -0.2) is 4.79 Å². The predicted octanol–water partition coefficient (Wildman–Crippen LogP) is 6.98. The Kier molecular flexibility index (Phi) is 8.58. The molecular weight excluding hydrogens is 514 g/mol. The highest BCUT2D eigenvalue weighted by molar-refractivity contribution is 6.04. The monoisotopic (exact) mass is 551 g/mol. The fourth-order valence-electron chi connectivity index (χ4n) is 5.65. The van der Waals surface area contributed by atoms with Crippen LogP contribution in [0, 0.1) is 0 Å². The first-order chi connectivity index (χ1) is 19.9. The Morgan fingerprint density at radius 3 is 2.39 bits per heavy atom. The summed E-state index contributed by atoms with van der Waals surface area (Å²) < 4.78 is 17.5. The second-order valence-corrected chi connectivity index (χ2v) is 10.7. The maximum atomic E-state index is 14.0. The van der Waals surface area contributed by atoms with Crippen LogP contribution in [-0.4, -0.2) is 25.0 Å². The van der Waals surface area contributed by atoms with Gasteiger partial charge in [0.05, 0.1) is 24.7 Å². The van der Waals surface area contributed by atoms with Crippen molar-refractivity contribution in [2.45, 2.75) is 64.6 Å². The number of allylic oxidation sites excluding steroid dienone is 3. The molecular formula is C35H37NO5. The van der Waals surface area contributed by atoms with Crippen LogP contribution in [0.1, 0.15) is 68.6 Å². The molecule has 0 aromatic heterocycles. The molecule has 2 aliphatic rings. The van der Waals surface area contributed by atoms with Gasteiger partial charge in [-0.1, -0.05) is 67.6 Å². The number of nitrogens with one attached hydrogen (secondary N) is 1. The maximum absolute atomic E-state index is 14.0. The number of carbonyl (C=O) groups excluding carboxylic acids is 2. The zero-order valence-electron chi connectivity index (χ0n) is 24.1. The summed E-state index contributed by atoms with van der Waals surface area (Å²) in [7, 11) is 1.64. The first kappa shape index (κ1) is 28.2. The molecule has 5 rings (SSSR count). The van der Waals surface area contributed by atoms with Gasteiger partial charge in [0, 0.05) is 29.0 Å². The first-order valence-corrected chi connectivity index (χ1v) is 14.2. The Morgan fingerprint density at radius 2 is 1.68 bits per heavy atom. The smallest absolute Gasteiger partial charge is 0.337 e. The summed E-state index contributed by atoms with van der Waals surface area (Å²) in [5.41, 5.74) is 5.52. The molecule has 6 heteroatoms. The van der Waals surface area contributed by atoms with E-state index in [4.69, 9.17) is 14.2 Å². The molecule has 0 bridgehead atoms. The third kappa shape index (κ3) is 6.07. The van der Waals surface area contributed by atoms with Crippen molar-refractivity contribution in [3.63, 3.8) is 0 Å². The molecule has 0 fully saturated rings. The molecule has 0 spiro atoms. The summed E-state index contributed by atoms with van der Waals surface area (Å²) >= 11 is 0. The highest BCUT2D eigenvalue weighted by Gasteiger charge is 2.42. The first-order valence-electron chi connectivity index (χ1n) is 14.2. The van der Waals surface area contributed by atoms with Crippen LogP contribution in [0.25, 0.3) is 0 Å². The van der Waals surface area contributed by atoms with Crippen LogP contribution in [0.15, 0.2) is 101 Å². The number of methoxy groups -OCH3 is 1. The molecule has 1 N–H and O–H groups in total. The van der Waals surface area contributed by atoms with Crippen LogP contribution in [-0.2, 0) is 20.9 Å². The molecule has 0 amide bonds. The van der Waals surface area contributed by atoms with Gasteiger partial charge in [0.1, 0.15) is 18.1 Å². The summed E-state index contributed by atoms with van der Waals surface area (Å²) in [4.78, 5) is 27.7. The molecule has 6 nitrogen and oxygen atoms in total. The van der Waals surface area contributed by atoms with Gasteiger partial charge in [-0.3, -0.25) is 4.79 Å². The molecule has 1 heterocycles. The standard InChI is InChI=1S/C35H37NO5/c1-5-22(2)41-35(38)32-23(3)36-29-19-26(25-15-17-27(39-4)18-16-25)20-30(37)34(29)33(32)28-13-9-10-14-31(28)40-21-24-11-7-6-8-12-24/h6-18,22,26,33,36H,5,19-21H2,1-4H3/t22-,26-,33-/m1/s1. The summed E-state index contributed by atoms with van der Waals surface area (Å²) in [5, 5.41) is 3.44. The molecule has 41 heavy (non-hydrogen) atoms. The molecule has 0 saturated heterocycles. The van der Waals surface area contributed by atoms with Crippen molar-refractivity contribution < 1.29 is 23.8 Å². The van der Waals surface area contributed by atoms with Gasteiger partial charge in [0.25, 0.3) is 0 Å². The Bertz CT molecular complexity index is 1470. The number of benzene rings is 3. The summed E-state index contributed by atoms with van der Waals surface area (Å²) in [6, 6.07) is 25.5. The Hall–Kier alpha value is -4.32. The number of dihydropyridines is 1. The van der Waals surface area contributed by atoms with Crippen LogP contribution >= 0.6 is 0 Å². The largest absolute Gasteiger partial charge is 0.497 e. The quantitative estimate of drug-likeness (QED) is 0.289. The van der Waals surface area contributed by atoms with Gasteiger partial charge in [-0.05, 0) is 61.9 Å². The van der Waals surface area contributed by atoms with E-state index in [1.807, 2.05) is 99.6 Å². The number of esters is 1. The predicted molar refractivity (Wildman–Crippen MR) is 159 cm³/mol. The van der Waals surface area contributed by atoms with Gasteiger partial charge in [0.2, 0.25) is 0 Å². The Morgan fingerprint density at radius 1 is 0.976 bits per heavy atom. The normalized spacial score (nSPS) is 19.3. The zero-order valence-corrected chi connectivity index (χ0v) is 24.1. The highest BCUT2D eigenvalue weighted by Crippen LogP contribution is 2.48. The number of rotatable bonds is 9. The van der Waals surface area contributed by atoms with Crippen molar-refractivity contribution in [1.82, 2.24) is 5.32 Å². The Balaban J connectivity index is 1.56.